The summed E-state index contributed by atoms with van der Waals surface area (Å²) in [6.07, 6.45) is 0.679. The third kappa shape index (κ3) is 5.72. The van der Waals surface area contributed by atoms with Gasteiger partial charge in [0.25, 0.3) is 15.9 Å². The van der Waals surface area contributed by atoms with Gasteiger partial charge in [-0.2, -0.15) is 0 Å². The molecule has 0 aliphatic rings. The molecule has 0 fully saturated rings. The Hall–Kier alpha value is -3.21. The largest absolute Gasteiger partial charge is 0.360 e. The number of rotatable bonds is 10. The Morgan fingerprint density at radius 1 is 1.09 bits per heavy atom. The number of hydrogen-bond acceptors (Lipinski definition) is 6. The number of amides is 1. The van der Waals surface area contributed by atoms with Crippen LogP contribution >= 0.6 is 0 Å². The van der Waals surface area contributed by atoms with Crippen molar-refractivity contribution in [3.8, 4) is 0 Å². The molecule has 0 radical (unpaired) electrons. The lowest BCUT2D eigenvalue weighted by Gasteiger charge is -2.22. The number of fused-ring (bicyclic) bond motifs is 1. The second kappa shape index (κ2) is 11.0. The van der Waals surface area contributed by atoms with Crippen molar-refractivity contribution in [2.75, 3.05) is 31.1 Å². The van der Waals surface area contributed by atoms with Crippen LogP contribution in [0.25, 0.3) is 10.9 Å². The van der Waals surface area contributed by atoms with E-state index in [1.165, 1.54) is 35.7 Å². The molecule has 0 bridgehead atoms. The van der Waals surface area contributed by atoms with E-state index < -0.39 is 27.6 Å². The maximum absolute atomic E-state index is 13.4. The Morgan fingerprint density at radius 3 is 2.43 bits per heavy atom. The topological polar surface area (TPSA) is 118 Å². The van der Waals surface area contributed by atoms with Gasteiger partial charge in [-0.25, -0.2) is 8.42 Å². The van der Waals surface area contributed by atoms with Gasteiger partial charge < -0.3 is 19.8 Å². The third-order valence-corrected chi connectivity index (χ3v) is 7.36. The molecule has 0 saturated heterocycles. The molecular weight excluding hydrogens is 470 g/mol. The molecule has 3 aromatic rings. The molecule has 9 nitrogen and oxygen atoms in total. The number of H-pyrrole nitrogens is 1. The number of nitrogens with one attached hydrogen (secondary N) is 2. The highest BCUT2D eigenvalue weighted by molar-refractivity contribution is 7.92. The first kappa shape index (κ1) is 26.4. The molecule has 10 heteroatoms. The van der Waals surface area contributed by atoms with Crippen molar-refractivity contribution in [3.63, 3.8) is 0 Å². The SMILES string of the molecule is CCOC(CNC(=O)c1c[nH]c2ccc(S(=O)(=O)N(C)c3cc(C)ccc3C)cc2c1=O)OCC. The molecule has 2 aromatic carbocycles. The Balaban J connectivity index is 1.95. The zero-order chi connectivity index (χ0) is 25.8. The molecule has 1 heterocycles. The van der Waals surface area contributed by atoms with Gasteiger partial charge in [0.15, 0.2) is 6.29 Å². The van der Waals surface area contributed by atoms with Crippen LogP contribution in [0.1, 0.15) is 35.3 Å². The number of pyridine rings is 1. The summed E-state index contributed by atoms with van der Waals surface area (Å²) in [6, 6.07) is 9.80. The Bertz CT molecular complexity index is 1380. The quantitative estimate of drug-likeness (QED) is 0.412. The molecule has 0 atom stereocenters. The van der Waals surface area contributed by atoms with E-state index in [-0.39, 0.29) is 22.4 Å². The smallest absolute Gasteiger partial charge is 0.264 e. The molecule has 0 aliphatic carbocycles. The lowest BCUT2D eigenvalue weighted by Crippen LogP contribution is -2.37. The average molecular weight is 502 g/mol. The highest BCUT2D eigenvalue weighted by Gasteiger charge is 2.24. The average Bonchev–Trinajstić information content (AvgIpc) is 2.83. The highest BCUT2D eigenvalue weighted by atomic mass is 32.2. The normalized spacial score (nSPS) is 11.7. The first-order valence-corrected chi connectivity index (χ1v) is 12.8. The molecule has 0 aliphatic heterocycles. The van der Waals surface area contributed by atoms with E-state index in [4.69, 9.17) is 9.47 Å². The summed E-state index contributed by atoms with van der Waals surface area (Å²) in [4.78, 5) is 28.7. The van der Waals surface area contributed by atoms with Crippen molar-refractivity contribution in [3.05, 3.63) is 69.5 Å². The highest BCUT2D eigenvalue weighted by Crippen LogP contribution is 2.27. The molecular formula is C25H31N3O6S. The van der Waals surface area contributed by atoms with E-state index in [0.29, 0.717) is 24.4 Å². The standard InChI is InChI=1S/C25H31N3O6S/c1-6-33-23(34-7-2)15-27-25(30)20-14-26-21-11-10-18(13-19(21)24(20)29)35(31,32)28(5)22-12-16(3)8-9-17(22)4/h8-14,23H,6-7,15H2,1-5H3,(H,26,29)(H,27,30). The second-order valence-electron chi connectivity index (χ2n) is 8.05. The van der Waals surface area contributed by atoms with Gasteiger partial charge in [-0.05, 0) is 63.1 Å². The number of nitrogens with zero attached hydrogens (tertiary/aromatic N) is 1. The van der Waals surface area contributed by atoms with E-state index in [1.54, 1.807) is 6.07 Å². The summed E-state index contributed by atoms with van der Waals surface area (Å²) in [5.74, 6) is -0.613. The zero-order valence-electron chi connectivity index (χ0n) is 20.5. The van der Waals surface area contributed by atoms with Gasteiger partial charge in [0, 0.05) is 37.4 Å². The fourth-order valence-corrected chi connectivity index (χ4v) is 4.96. The van der Waals surface area contributed by atoms with Crippen molar-refractivity contribution in [2.45, 2.75) is 38.9 Å². The van der Waals surface area contributed by atoms with Gasteiger partial charge in [0.05, 0.1) is 17.1 Å². The van der Waals surface area contributed by atoms with E-state index >= 15 is 0 Å². The molecule has 0 unspecified atom stereocenters. The lowest BCUT2D eigenvalue weighted by atomic mass is 10.1. The third-order valence-electron chi connectivity index (χ3n) is 5.59. The number of anilines is 1. The first-order chi connectivity index (χ1) is 16.6. The van der Waals surface area contributed by atoms with Crippen LogP contribution in [0.4, 0.5) is 5.69 Å². The molecule has 0 saturated carbocycles. The van der Waals surface area contributed by atoms with Crippen LogP contribution in [-0.2, 0) is 19.5 Å². The monoisotopic (exact) mass is 501 g/mol. The Kier molecular flexibility index (Phi) is 8.31. The van der Waals surface area contributed by atoms with Crippen molar-refractivity contribution < 1.29 is 22.7 Å². The molecule has 188 valence electrons. The van der Waals surface area contributed by atoms with Crippen molar-refractivity contribution in [1.29, 1.82) is 0 Å². The van der Waals surface area contributed by atoms with Crippen molar-refractivity contribution in [2.24, 2.45) is 0 Å². The predicted molar refractivity (Wildman–Crippen MR) is 135 cm³/mol. The van der Waals surface area contributed by atoms with Crippen LogP contribution in [0.15, 0.2) is 52.3 Å². The van der Waals surface area contributed by atoms with Crippen molar-refractivity contribution in [1.82, 2.24) is 10.3 Å². The zero-order valence-corrected chi connectivity index (χ0v) is 21.4. The van der Waals surface area contributed by atoms with Gasteiger partial charge >= 0.3 is 0 Å². The summed E-state index contributed by atoms with van der Waals surface area (Å²) in [7, 11) is -2.49. The lowest BCUT2D eigenvalue weighted by molar-refractivity contribution is -0.131. The number of aryl methyl sites for hydroxylation is 2. The summed E-state index contributed by atoms with van der Waals surface area (Å²) >= 11 is 0. The minimum Gasteiger partial charge on any atom is -0.360 e. The predicted octanol–water partition coefficient (Wildman–Crippen LogP) is 3.10. The van der Waals surface area contributed by atoms with Crippen LogP contribution in [-0.4, -0.2) is 52.4 Å². The van der Waals surface area contributed by atoms with Gasteiger partial charge in [-0.15, -0.1) is 0 Å². The Labute approximate surface area is 205 Å². The number of ether oxygens (including phenoxy) is 2. The van der Waals surface area contributed by atoms with Crippen LogP contribution in [0.5, 0.6) is 0 Å². The molecule has 0 spiro atoms. The summed E-state index contributed by atoms with van der Waals surface area (Å²) < 4.78 is 38.8. The number of aromatic nitrogens is 1. The van der Waals surface area contributed by atoms with E-state index in [0.717, 1.165) is 11.1 Å². The fraction of sp³-hybridized carbons (Fsp3) is 0.360. The van der Waals surface area contributed by atoms with E-state index in [2.05, 4.69) is 10.3 Å². The molecule has 35 heavy (non-hydrogen) atoms. The van der Waals surface area contributed by atoms with E-state index in [1.807, 2.05) is 39.8 Å². The number of benzene rings is 2. The van der Waals surface area contributed by atoms with Crippen LogP contribution < -0.4 is 15.1 Å². The summed E-state index contributed by atoms with van der Waals surface area (Å²) in [5.41, 5.74) is 1.98. The fourth-order valence-electron chi connectivity index (χ4n) is 3.68. The number of aromatic amines is 1. The summed E-state index contributed by atoms with van der Waals surface area (Å²) in [6.45, 7) is 8.22. The molecule has 1 amide bonds. The Morgan fingerprint density at radius 2 is 1.77 bits per heavy atom. The van der Waals surface area contributed by atoms with Gasteiger partial charge in [-0.1, -0.05) is 12.1 Å². The molecule has 1 aromatic heterocycles. The second-order valence-corrected chi connectivity index (χ2v) is 10.0. The minimum absolute atomic E-state index is 0.0516. The minimum atomic E-state index is -3.96. The number of carbonyl (C=O) groups excluding carboxylic acids is 1. The van der Waals surface area contributed by atoms with Crippen LogP contribution in [0, 0.1) is 13.8 Å². The number of hydrogen-bond donors (Lipinski definition) is 2. The number of sulfonamides is 1. The van der Waals surface area contributed by atoms with Crippen molar-refractivity contribution >= 4 is 32.5 Å². The maximum atomic E-state index is 13.4. The maximum Gasteiger partial charge on any atom is 0.264 e. The van der Waals surface area contributed by atoms with Gasteiger partial charge in [-0.3, -0.25) is 13.9 Å². The first-order valence-electron chi connectivity index (χ1n) is 11.3. The molecule has 3 rings (SSSR count). The summed E-state index contributed by atoms with van der Waals surface area (Å²) in [5, 5.41) is 2.73. The van der Waals surface area contributed by atoms with Crippen LogP contribution in [0.2, 0.25) is 0 Å². The van der Waals surface area contributed by atoms with E-state index in [9.17, 15) is 18.0 Å². The van der Waals surface area contributed by atoms with Gasteiger partial charge in [0.2, 0.25) is 5.43 Å². The van der Waals surface area contributed by atoms with Crippen LogP contribution in [0.3, 0.4) is 0 Å². The van der Waals surface area contributed by atoms with Gasteiger partial charge in [0.1, 0.15) is 5.56 Å². The molecule has 2 N–H and O–H groups in total. The number of carbonyl (C=O) groups is 1.